The zero-order valence-corrected chi connectivity index (χ0v) is 22.0. The molecule has 0 unspecified atom stereocenters. The van der Waals surface area contributed by atoms with Crippen LogP contribution >= 0.6 is 0 Å². The van der Waals surface area contributed by atoms with Crippen LogP contribution in [0.25, 0.3) is 10.9 Å². The van der Waals surface area contributed by atoms with Gasteiger partial charge in [-0.25, -0.2) is 5.48 Å². The normalized spacial score (nSPS) is 14.9. The van der Waals surface area contributed by atoms with Crippen LogP contribution in [-0.2, 0) is 27.3 Å². The molecule has 0 spiro atoms. The Kier molecular flexibility index (Phi) is 8.81. The molecule has 2 amide bonds. The van der Waals surface area contributed by atoms with E-state index in [-0.39, 0.29) is 11.8 Å². The van der Waals surface area contributed by atoms with Crippen LogP contribution in [0.2, 0.25) is 0 Å². The largest absolute Gasteiger partial charge is 0.495 e. The van der Waals surface area contributed by atoms with Crippen molar-refractivity contribution < 1.29 is 23.9 Å². The second-order valence-corrected chi connectivity index (χ2v) is 9.21. The SMILES string of the molecule is CONC(=O)[C@H](Cc1ccccc1)N(C)C(=O)c1c(C)n(CCN2CCOCC2)c2c(OC)cccc12. The molecule has 1 aromatic heterocycles. The summed E-state index contributed by atoms with van der Waals surface area (Å²) in [5, 5.41) is 0.807. The summed E-state index contributed by atoms with van der Waals surface area (Å²) in [7, 11) is 4.70. The maximum absolute atomic E-state index is 14.1. The standard InChI is InChI=1S/C28H36N4O5/c1-20-25(28(34)30(2)23(27(33)29-36-4)19-21-9-6-5-7-10-21)22-11-8-12-24(35-3)26(22)32(20)14-13-31-15-17-37-18-16-31/h5-12,23H,13-19H2,1-4H3,(H,29,33)/t23-/m0/s1. The Morgan fingerprint density at radius 2 is 1.78 bits per heavy atom. The number of nitrogens with zero attached hydrogens (tertiary/aromatic N) is 3. The zero-order chi connectivity index (χ0) is 26.4. The Morgan fingerprint density at radius 3 is 2.46 bits per heavy atom. The van der Waals surface area contributed by atoms with E-state index in [9.17, 15) is 9.59 Å². The van der Waals surface area contributed by atoms with Crippen molar-refractivity contribution in [1.29, 1.82) is 0 Å². The molecule has 1 saturated heterocycles. The van der Waals surface area contributed by atoms with Crippen LogP contribution in [-0.4, -0.2) is 86.3 Å². The van der Waals surface area contributed by atoms with E-state index in [4.69, 9.17) is 14.3 Å². The lowest BCUT2D eigenvalue weighted by Gasteiger charge is -2.28. The summed E-state index contributed by atoms with van der Waals surface area (Å²) in [6.07, 6.45) is 0.357. The Hall–Kier alpha value is -3.40. The van der Waals surface area contributed by atoms with Crippen molar-refractivity contribution in [3.8, 4) is 5.75 Å². The quantitative estimate of drug-likeness (QED) is 0.424. The molecule has 3 aromatic rings. The lowest BCUT2D eigenvalue weighted by Crippen LogP contribution is -2.48. The highest BCUT2D eigenvalue weighted by Gasteiger charge is 2.32. The molecule has 1 N–H and O–H groups in total. The van der Waals surface area contributed by atoms with Crippen molar-refractivity contribution in [1.82, 2.24) is 19.8 Å². The van der Waals surface area contributed by atoms with Crippen LogP contribution in [0.5, 0.6) is 5.75 Å². The molecule has 1 atom stereocenters. The molecule has 37 heavy (non-hydrogen) atoms. The maximum Gasteiger partial charge on any atom is 0.266 e. The van der Waals surface area contributed by atoms with Gasteiger partial charge in [-0.3, -0.25) is 19.3 Å². The lowest BCUT2D eigenvalue weighted by atomic mass is 10.0. The fourth-order valence-electron chi connectivity index (χ4n) is 5.01. The third-order valence-corrected chi connectivity index (χ3v) is 7.05. The van der Waals surface area contributed by atoms with Crippen LogP contribution in [0.15, 0.2) is 48.5 Å². The molecule has 0 bridgehead atoms. The number of para-hydroxylation sites is 1. The molecule has 2 aromatic carbocycles. The van der Waals surface area contributed by atoms with E-state index in [2.05, 4.69) is 14.9 Å². The number of hydrogen-bond donors (Lipinski definition) is 1. The summed E-state index contributed by atoms with van der Waals surface area (Å²) in [5.74, 6) is 0.101. The molecule has 1 aliphatic rings. The van der Waals surface area contributed by atoms with Crippen LogP contribution in [0.1, 0.15) is 21.6 Å². The van der Waals surface area contributed by atoms with Gasteiger partial charge in [-0.2, -0.15) is 0 Å². The summed E-state index contributed by atoms with van der Waals surface area (Å²) < 4.78 is 13.3. The van der Waals surface area contributed by atoms with Gasteiger partial charge in [-0.15, -0.1) is 0 Å². The summed E-state index contributed by atoms with van der Waals surface area (Å²) in [5.41, 5.74) is 5.66. The number of hydroxylamine groups is 1. The fourth-order valence-corrected chi connectivity index (χ4v) is 5.01. The molecule has 0 radical (unpaired) electrons. The van der Waals surface area contributed by atoms with Gasteiger partial charge in [-0.05, 0) is 18.6 Å². The average molecular weight is 509 g/mol. The first kappa shape index (κ1) is 26.7. The Morgan fingerprint density at radius 1 is 1.05 bits per heavy atom. The van der Waals surface area contributed by atoms with Crippen molar-refractivity contribution in [3.63, 3.8) is 0 Å². The number of likely N-dealkylation sites (N-methyl/N-ethyl adjacent to an activating group) is 1. The van der Waals surface area contributed by atoms with Gasteiger partial charge in [0.2, 0.25) is 0 Å². The minimum absolute atomic E-state index is 0.229. The first-order chi connectivity index (χ1) is 18.0. The number of morpholine rings is 1. The van der Waals surface area contributed by atoms with Gasteiger partial charge in [0.05, 0.1) is 38.5 Å². The smallest absolute Gasteiger partial charge is 0.266 e. The van der Waals surface area contributed by atoms with E-state index in [0.717, 1.165) is 55.0 Å². The van der Waals surface area contributed by atoms with Crippen molar-refractivity contribution in [2.75, 3.05) is 54.1 Å². The van der Waals surface area contributed by atoms with E-state index in [0.29, 0.717) is 24.3 Å². The molecule has 1 fully saturated rings. The number of carbonyl (C=O) groups is 2. The Bertz CT molecular complexity index is 1220. The number of amides is 2. The molecule has 9 nitrogen and oxygen atoms in total. The molecule has 0 saturated carbocycles. The van der Waals surface area contributed by atoms with Crippen molar-refractivity contribution >= 4 is 22.7 Å². The van der Waals surface area contributed by atoms with Gasteiger partial charge in [0.25, 0.3) is 11.8 Å². The molecular formula is C28H36N4O5. The summed E-state index contributed by atoms with van der Waals surface area (Å²) in [4.78, 5) is 35.8. The zero-order valence-electron chi connectivity index (χ0n) is 22.0. The van der Waals surface area contributed by atoms with Gasteiger partial charge >= 0.3 is 0 Å². The van der Waals surface area contributed by atoms with Crippen LogP contribution in [0.3, 0.4) is 0 Å². The molecule has 2 heterocycles. The second-order valence-electron chi connectivity index (χ2n) is 9.21. The van der Waals surface area contributed by atoms with Crippen LogP contribution in [0, 0.1) is 6.92 Å². The first-order valence-electron chi connectivity index (χ1n) is 12.6. The highest BCUT2D eigenvalue weighted by Crippen LogP contribution is 2.34. The third kappa shape index (κ3) is 5.79. The number of rotatable bonds is 10. The number of aromatic nitrogens is 1. The monoisotopic (exact) mass is 508 g/mol. The minimum atomic E-state index is -0.758. The predicted octanol–water partition coefficient (Wildman–Crippen LogP) is 2.65. The molecule has 1 aliphatic heterocycles. The summed E-state index contributed by atoms with van der Waals surface area (Å²) in [6.45, 7) is 6.74. The van der Waals surface area contributed by atoms with E-state index in [1.165, 1.54) is 12.0 Å². The highest BCUT2D eigenvalue weighted by atomic mass is 16.6. The van der Waals surface area contributed by atoms with E-state index in [1.807, 2.05) is 55.5 Å². The summed E-state index contributed by atoms with van der Waals surface area (Å²) >= 11 is 0. The van der Waals surface area contributed by atoms with Gasteiger partial charge in [0.1, 0.15) is 11.8 Å². The van der Waals surface area contributed by atoms with Crippen molar-refractivity contribution in [2.24, 2.45) is 0 Å². The van der Waals surface area contributed by atoms with Gasteiger partial charge in [-0.1, -0.05) is 42.5 Å². The van der Waals surface area contributed by atoms with E-state index < -0.39 is 6.04 Å². The Labute approximate surface area is 217 Å². The van der Waals surface area contributed by atoms with Gasteiger partial charge < -0.3 is 18.9 Å². The highest BCUT2D eigenvalue weighted by molar-refractivity contribution is 6.10. The number of fused-ring (bicyclic) bond motifs is 1. The van der Waals surface area contributed by atoms with Gasteiger partial charge in [0, 0.05) is 50.7 Å². The number of nitrogens with one attached hydrogen (secondary N) is 1. The van der Waals surface area contributed by atoms with Crippen molar-refractivity contribution in [3.05, 3.63) is 65.4 Å². The molecule has 4 rings (SSSR count). The average Bonchev–Trinajstić information content (AvgIpc) is 3.22. The number of methoxy groups -OCH3 is 1. The summed E-state index contributed by atoms with van der Waals surface area (Å²) in [6, 6.07) is 14.6. The topological polar surface area (TPSA) is 85.3 Å². The molecule has 0 aliphatic carbocycles. The second kappa shape index (κ2) is 12.2. The molecule has 198 valence electrons. The maximum atomic E-state index is 14.1. The lowest BCUT2D eigenvalue weighted by molar-refractivity contribution is -0.135. The van der Waals surface area contributed by atoms with Crippen LogP contribution in [0.4, 0.5) is 0 Å². The third-order valence-electron chi connectivity index (χ3n) is 7.05. The van der Waals surface area contributed by atoms with Gasteiger partial charge in [0.15, 0.2) is 0 Å². The number of ether oxygens (including phenoxy) is 2. The fraction of sp³-hybridized carbons (Fsp3) is 0.429. The van der Waals surface area contributed by atoms with Crippen molar-refractivity contribution in [2.45, 2.75) is 25.9 Å². The van der Waals surface area contributed by atoms with E-state index >= 15 is 0 Å². The van der Waals surface area contributed by atoms with E-state index in [1.54, 1.807) is 14.2 Å². The first-order valence-corrected chi connectivity index (χ1v) is 12.6. The molecular weight excluding hydrogens is 472 g/mol. The Balaban J connectivity index is 1.70. The number of hydrogen-bond acceptors (Lipinski definition) is 6. The number of carbonyl (C=O) groups excluding carboxylic acids is 2. The number of benzene rings is 2. The van der Waals surface area contributed by atoms with Crippen LogP contribution < -0.4 is 10.2 Å². The molecule has 9 heteroatoms. The predicted molar refractivity (Wildman–Crippen MR) is 142 cm³/mol. The minimum Gasteiger partial charge on any atom is -0.495 e.